The Kier molecular flexibility index (Phi) is 2.27. The van der Waals surface area contributed by atoms with Crippen molar-refractivity contribution in [3.63, 3.8) is 0 Å². The zero-order valence-corrected chi connectivity index (χ0v) is 8.49. The molecule has 76 valence electrons. The fourth-order valence-corrected chi connectivity index (χ4v) is 1.93. The van der Waals surface area contributed by atoms with Gasteiger partial charge in [0.25, 0.3) is 0 Å². The highest BCUT2D eigenvalue weighted by atomic mass is 16.4. The highest BCUT2D eigenvalue weighted by Crippen LogP contribution is 2.31. The number of oxazole rings is 1. The summed E-state index contributed by atoms with van der Waals surface area (Å²) >= 11 is 0. The first-order valence-electron chi connectivity index (χ1n) is 4.88. The Bertz CT molecular complexity index is 346. The maximum Gasteiger partial charge on any atom is 0.220 e. The third kappa shape index (κ3) is 1.52. The van der Waals surface area contributed by atoms with Crippen molar-refractivity contribution in [2.75, 3.05) is 6.54 Å². The van der Waals surface area contributed by atoms with Crippen LogP contribution >= 0.6 is 0 Å². The lowest BCUT2D eigenvalue weighted by Crippen LogP contribution is -2.28. The molecular weight excluding hydrogens is 180 g/mol. The van der Waals surface area contributed by atoms with Gasteiger partial charge in [-0.05, 0) is 19.8 Å². The van der Waals surface area contributed by atoms with Crippen LogP contribution in [-0.4, -0.2) is 22.3 Å². The first kappa shape index (κ1) is 9.24. The molecule has 0 saturated carbocycles. The second-order valence-corrected chi connectivity index (χ2v) is 3.68. The first-order chi connectivity index (χ1) is 6.68. The van der Waals surface area contributed by atoms with Crippen LogP contribution in [0.25, 0.3) is 0 Å². The van der Waals surface area contributed by atoms with E-state index in [1.54, 1.807) is 13.1 Å². The van der Waals surface area contributed by atoms with Crippen LogP contribution in [0.1, 0.15) is 37.5 Å². The highest BCUT2D eigenvalue weighted by Gasteiger charge is 2.31. The summed E-state index contributed by atoms with van der Waals surface area (Å²) in [4.78, 5) is 17.3. The molecule has 2 rings (SSSR count). The normalized spacial score (nSPS) is 21.6. The van der Waals surface area contributed by atoms with Crippen molar-refractivity contribution in [3.8, 4) is 0 Å². The van der Waals surface area contributed by atoms with Crippen LogP contribution in [-0.2, 0) is 4.79 Å². The van der Waals surface area contributed by atoms with Gasteiger partial charge in [-0.2, -0.15) is 0 Å². The molecule has 1 fully saturated rings. The molecule has 1 saturated heterocycles. The molecule has 0 aromatic carbocycles. The molecule has 1 aliphatic heterocycles. The average Bonchev–Trinajstić information content (AvgIpc) is 2.70. The molecule has 4 heteroatoms. The minimum absolute atomic E-state index is 0.0567. The summed E-state index contributed by atoms with van der Waals surface area (Å²) in [5, 5.41) is 0. The fourth-order valence-electron chi connectivity index (χ4n) is 1.93. The van der Waals surface area contributed by atoms with Gasteiger partial charge in [-0.3, -0.25) is 4.79 Å². The Morgan fingerprint density at radius 3 is 3.07 bits per heavy atom. The predicted octanol–water partition coefficient (Wildman–Crippen LogP) is 1.67. The second kappa shape index (κ2) is 3.44. The van der Waals surface area contributed by atoms with Gasteiger partial charge < -0.3 is 9.32 Å². The third-order valence-corrected chi connectivity index (χ3v) is 2.58. The lowest BCUT2D eigenvalue weighted by Gasteiger charge is -2.20. The van der Waals surface area contributed by atoms with Crippen molar-refractivity contribution < 1.29 is 9.21 Å². The van der Waals surface area contributed by atoms with E-state index in [1.807, 2.05) is 11.8 Å². The standard InChI is InChI=1S/C10H14N2O2/c1-7-6-11-10(14-7)9-4-3-5-12(9)8(2)13/h6,9H,3-5H2,1-2H3. The molecule has 0 radical (unpaired) electrons. The van der Waals surface area contributed by atoms with Crippen molar-refractivity contribution in [2.45, 2.75) is 32.7 Å². The molecule has 1 amide bonds. The SMILES string of the molecule is CC(=O)N1CCCC1c1ncc(C)o1. The quantitative estimate of drug-likeness (QED) is 0.683. The van der Waals surface area contributed by atoms with Gasteiger partial charge >= 0.3 is 0 Å². The molecule has 14 heavy (non-hydrogen) atoms. The number of amides is 1. The van der Waals surface area contributed by atoms with E-state index >= 15 is 0 Å². The number of hydrogen-bond acceptors (Lipinski definition) is 3. The van der Waals surface area contributed by atoms with Crippen molar-refractivity contribution >= 4 is 5.91 Å². The first-order valence-corrected chi connectivity index (χ1v) is 4.88. The largest absolute Gasteiger partial charge is 0.444 e. The second-order valence-electron chi connectivity index (χ2n) is 3.68. The molecule has 1 atom stereocenters. The summed E-state index contributed by atoms with van der Waals surface area (Å²) in [6.07, 6.45) is 3.69. The molecule has 0 spiro atoms. The summed E-state index contributed by atoms with van der Waals surface area (Å²) in [6, 6.07) is 0.0567. The van der Waals surface area contributed by atoms with E-state index in [1.165, 1.54) is 0 Å². The van der Waals surface area contributed by atoms with Gasteiger partial charge in [0.2, 0.25) is 11.8 Å². The van der Waals surface area contributed by atoms with Gasteiger partial charge in [0, 0.05) is 13.5 Å². The number of hydrogen-bond donors (Lipinski definition) is 0. The number of likely N-dealkylation sites (tertiary alicyclic amines) is 1. The maximum atomic E-state index is 11.3. The summed E-state index contributed by atoms with van der Waals surface area (Å²) in [5.74, 6) is 1.58. The molecule has 0 bridgehead atoms. The molecule has 2 heterocycles. The lowest BCUT2D eigenvalue weighted by atomic mass is 10.2. The Hall–Kier alpha value is -1.32. The molecule has 4 nitrogen and oxygen atoms in total. The van der Waals surface area contributed by atoms with Crippen LogP contribution in [0.2, 0.25) is 0 Å². The molecule has 0 N–H and O–H groups in total. The Morgan fingerprint density at radius 2 is 2.50 bits per heavy atom. The number of carbonyl (C=O) groups is 1. The van der Waals surface area contributed by atoms with Crippen LogP contribution < -0.4 is 0 Å². The Labute approximate surface area is 82.9 Å². The topological polar surface area (TPSA) is 46.3 Å². The van der Waals surface area contributed by atoms with E-state index in [0.29, 0.717) is 5.89 Å². The van der Waals surface area contributed by atoms with Crippen molar-refractivity contribution in [3.05, 3.63) is 17.8 Å². The van der Waals surface area contributed by atoms with Gasteiger partial charge in [-0.25, -0.2) is 4.98 Å². The summed E-state index contributed by atoms with van der Waals surface area (Å²) in [5.41, 5.74) is 0. The van der Waals surface area contributed by atoms with Crippen LogP contribution in [0.4, 0.5) is 0 Å². The number of carbonyl (C=O) groups excluding carboxylic acids is 1. The molecular formula is C10H14N2O2. The monoisotopic (exact) mass is 194 g/mol. The van der Waals surface area contributed by atoms with Crippen molar-refractivity contribution in [1.29, 1.82) is 0 Å². The minimum atomic E-state index is 0.0567. The molecule has 1 aromatic rings. The van der Waals surface area contributed by atoms with Crippen molar-refractivity contribution in [2.24, 2.45) is 0 Å². The van der Waals surface area contributed by atoms with Crippen LogP contribution in [0.3, 0.4) is 0 Å². The molecule has 0 aliphatic carbocycles. The van der Waals surface area contributed by atoms with Gasteiger partial charge in [-0.15, -0.1) is 0 Å². The van der Waals surface area contributed by atoms with Crippen LogP contribution in [0, 0.1) is 6.92 Å². The van der Waals surface area contributed by atoms with Gasteiger partial charge in [0.1, 0.15) is 11.8 Å². The number of aryl methyl sites for hydroxylation is 1. The lowest BCUT2D eigenvalue weighted by molar-refractivity contribution is -0.130. The van der Waals surface area contributed by atoms with E-state index in [2.05, 4.69) is 4.98 Å². The zero-order chi connectivity index (χ0) is 10.1. The predicted molar refractivity (Wildman–Crippen MR) is 50.6 cm³/mol. The third-order valence-electron chi connectivity index (χ3n) is 2.58. The molecule has 1 unspecified atom stereocenters. The minimum Gasteiger partial charge on any atom is -0.444 e. The highest BCUT2D eigenvalue weighted by molar-refractivity contribution is 5.73. The Balaban J connectivity index is 2.21. The van der Waals surface area contributed by atoms with Gasteiger partial charge in [0.05, 0.1) is 6.20 Å². The van der Waals surface area contributed by atoms with Crippen LogP contribution in [0.15, 0.2) is 10.6 Å². The average molecular weight is 194 g/mol. The van der Waals surface area contributed by atoms with E-state index in [-0.39, 0.29) is 11.9 Å². The van der Waals surface area contributed by atoms with Crippen molar-refractivity contribution in [1.82, 2.24) is 9.88 Å². The van der Waals surface area contributed by atoms with Crippen LogP contribution in [0.5, 0.6) is 0 Å². The van der Waals surface area contributed by atoms with E-state index in [0.717, 1.165) is 25.1 Å². The van der Waals surface area contributed by atoms with Gasteiger partial charge in [0.15, 0.2) is 0 Å². The zero-order valence-electron chi connectivity index (χ0n) is 8.49. The summed E-state index contributed by atoms with van der Waals surface area (Å²) < 4.78 is 5.44. The van der Waals surface area contributed by atoms with E-state index in [9.17, 15) is 4.79 Å². The smallest absolute Gasteiger partial charge is 0.220 e. The van der Waals surface area contributed by atoms with Gasteiger partial charge in [-0.1, -0.05) is 0 Å². The number of nitrogens with zero attached hydrogens (tertiary/aromatic N) is 2. The molecule has 1 aromatic heterocycles. The Morgan fingerprint density at radius 1 is 1.71 bits per heavy atom. The number of rotatable bonds is 1. The summed E-state index contributed by atoms with van der Waals surface area (Å²) in [7, 11) is 0. The maximum absolute atomic E-state index is 11.3. The fraction of sp³-hybridized carbons (Fsp3) is 0.600. The summed E-state index contributed by atoms with van der Waals surface area (Å²) in [6.45, 7) is 4.28. The number of aromatic nitrogens is 1. The molecule has 1 aliphatic rings. The van der Waals surface area contributed by atoms with E-state index < -0.39 is 0 Å². The van der Waals surface area contributed by atoms with E-state index in [4.69, 9.17) is 4.42 Å².